The Hall–Kier alpha value is -1.73. The van der Waals surface area contributed by atoms with Crippen molar-refractivity contribution in [3.05, 3.63) is 96.0 Å². The van der Waals surface area contributed by atoms with Gasteiger partial charge in [-0.1, -0.05) is 39.3 Å². The maximum absolute atomic E-state index is 14.4. The molecule has 0 aromatic carbocycles. The fourth-order valence-electron chi connectivity index (χ4n) is 6.61. The summed E-state index contributed by atoms with van der Waals surface area (Å²) in [5.41, 5.74) is 0.141. The van der Waals surface area contributed by atoms with Crippen LogP contribution in [0.4, 0.5) is 17.6 Å². The van der Waals surface area contributed by atoms with Gasteiger partial charge in [-0.15, -0.1) is 12.8 Å². The largest absolute Gasteiger partial charge is 4.00 e. The number of hydrogen-bond donors (Lipinski definition) is 0. The summed E-state index contributed by atoms with van der Waals surface area (Å²) in [6.45, 7) is 10.3. The number of hydrogen-bond acceptors (Lipinski definition) is 0. The Morgan fingerprint density at radius 3 is 1.20 bits per heavy atom. The van der Waals surface area contributed by atoms with E-state index in [1.807, 2.05) is 24.3 Å². The number of halogens is 4. The predicted molar refractivity (Wildman–Crippen MR) is 149 cm³/mol. The number of rotatable bonds is 0. The quantitative estimate of drug-likeness (QED) is 0.0655. The van der Waals surface area contributed by atoms with Gasteiger partial charge in [-0.05, 0) is 12.2 Å². The normalized spacial score (nSPS) is 33.4. The molecule has 2 spiro atoms. The molecule has 41 heavy (non-hydrogen) atoms. The summed E-state index contributed by atoms with van der Waals surface area (Å²) >= 11 is 0. The van der Waals surface area contributed by atoms with Crippen LogP contribution in [0.3, 0.4) is 0 Å². The van der Waals surface area contributed by atoms with Gasteiger partial charge in [0.05, 0.1) is 26.2 Å². The zero-order valence-corrected chi connectivity index (χ0v) is 26.2. The Balaban J connectivity index is 0.000000140. The molecule has 8 aliphatic rings. The van der Waals surface area contributed by atoms with Crippen LogP contribution in [-0.2, 0) is 21.7 Å². The van der Waals surface area contributed by atoms with E-state index in [-0.39, 0.29) is 21.7 Å². The fourth-order valence-corrected chi connectivity index (χ4v) is 6.61. The topological polar surface area (TPSA) is 0 Å². The number of alkyl halides is 2. The van der Waals surface area contributed by atoms with Crippen molar-refractivity contribution in [1.82, 2.24) is 0 Å². The van der Waals surface area contributed by atoms with E-state index in [1.165, 1.54) is 0 Å². The van der Waals surface area contributed by atoms with Gasteiger partial charge in [-0.3, -0.25) is 29.9 Å². The first kappa shape index (κ1) is 32.2. The minimum absolute atomic E-state index is 0. The maximum atomic E-state index is 14.4. The average Bonchev–Trinajstić information content (AvgIpc) is 3.59. The van der Waals surface area contributed by atoms with Crippen LogP contribution in [0.15, 0.2) is 71.7 Å². The molecule has 7 heteroatoms. The third-order valence-electron chi connectivity index (χ3n) is 9.19. The second-order valence-electron chi connectivity index (χ2n) is 12.9. The monoisotopic (exact) mass is 600 g/mol. The van der Waals surface area contributed by atoms with Crippen LogP contribution in [0.2, 0.25) is 0 Å². The van der Waals surface area contributed by atoms with Gasteiger partial charge in [0.15, 0.2) is 23.0 Å². The maximum Gasteiger partial charge on any atom is 4.00 e. The third-order valence-corrected chi connectivity index (χ3v) is 9.19. The van der Waals surface area contributed by atoms with Crippen LogP contribution in [-0.4, -0.2) is 46.7 Å². The second kappa shape index (κ2) is 11.4. The third kappa shape index (κ3) is 5.43. The van der Waals surface area contributed by atoms with E-state index >= 15 is 0 Å². The van der Waals surface area contributed by atoms with Crippen molar-refractivity contribution in [3.8, 4) is 0 Å². The van der Waals surface area contributed by atoms with Crippen molar-refractivity contribution in [2.24, 2.45) is 10.8 Å². The van der Waals surface area contributed by atoms with Gasteiger partial charge in [0.2, 0.25) is 0 Å². The molecule has 0 amide bonds. The average molecular weight is 601 g/mol. The zero-order chi connectivity index (χ0) is 28.9. The number of nitrogens with zero attached hydrogens (tertiary/aromatic N) is 2. The molecule has 2 atom stereocenters. The summed E-state index contributed by atoms with van der Waals surface area (Å²) in [6, 6.07) is 0. The number of quaternary nitrogens is 2. The molecule has 4 aliphatic carbocycles. The molecule has 0 bridgehead atoms. The van der Waals surface area contributed by atoms with Crippen LogP contribution in [0.1, 0.15) is 66.2 Å². The first-order valence-corrected chi connectivity index (χ1v) is 14.5. The van der Waals surface area contributed by atoms with Crippen molar-refractivity contribution in [1.29, 1.82) is 0 Å². The van der Waals surface area contributed by atoms with Gasteiger partial charge in [-0.25, -0.2) is 33.1 Å². The van der Waals surface area contributed by atoms with Crippen molar-refractivity contribution in [3.63, 3.8) is 0 Å². The smallest absolute Gasteiger partial charge is 0.351 e. The Labute approximate surface area is 258 Å². The SMILES string of the molecule is CC1(C)C=C2C(F)([C-]=C1F)[N+]21CCCC1.CC1(C)C=C2C(F)([C-]=C1F)[N+]21CCCC1.[C-]1=CC=CC1.[C-]1=CC=CC1.[Ti+4]. The van der Waals surface area contributed by atoms with Gasteiger partial charge < -0.3 is 12.2 Å². The molecule has 2 nitrogen and oxygen atoms in total. The van der Waals surface area contributed by atoms with Crippen LogP contribution in [0, 0.1) is 35.1 Å². The summed E-state index contributed by atoms with van der Waals surface area (Å²) in [5, 5.41) is 0. The van der Waals surface area contributed by atoms with Crippen molar-refractivity contribution >= 4 is 0 Å². The van der Waals surface area contributed by atoms with Crippen molar-refractivity contribution in [2.75, 3.05) is 26.2 Å². The fraction of sp³-hybridized carbons (Fsp3) is 0.529. The molecular weight excluding hydrogens is 560 g/mol. The molecule has 8 rings (SSSR count). The van der Waals surface area contributed by atoms with Gasteiger partial charge in [0.25, 0.3) is 0 Å². The van der Waals surface area contributed by atoms with E-state index in [1.54, 1.807) is 39.8 Å². The van der Waals surface area contributed by atoms with Crippen LogP contribution in [0.25, 0.3) is 0 Å². The molecule has 0 aromatic heterocycles. The van der Waals surface area contributed by atoms with E-state index in [0.717, 1.165) is 76.1 Å². The molecule has 4 saturated heterocycles. The van der Waals surface area contributed by atoms with Crippen LogP contribution in [0.5, 0.6) is 0 Å². The van der Waals surface area contributed by atoms with Crippen molar-refractivity contribution < 1.29 is 48.2 Å². The Morgan fingerprint density at radius 1 is 0.634 bits per heavy atom. The van der Waals surface area contributed by atoms with Crippen LogP contribution < -0.4 is 0 Å². The van der Waals surface area contributed by atoms with Gasteiger partial charge in [0, 0.05) is 36.5 Å². The molecule has 0 N–H and O–H groups in total. The van der Waals surface area contributed by atoms with Crippen LogP contribution >= 0.6 is 0 Å². The molecule has 0 radical (unpaired) electrons. The van der Waals surface area contributed by atoms with E-state index in [2.05, 4.69) is 36.5 Å². The molecule has 4 fully saturated rings. The molecular formula is C34H40F4N2Ti+2. The standard InChI is InChI=1S/2C12H15F2N.2C5H5.Ti/c2*1-11(2)8-10-12(14,7-9(11)13)15(10)5-3-4-6-15;2*1-2-4-5-3-1;/h2*8H,3-6H2,1-2H3;2*1-3H,4H2;/q;;2*-1;+4. The Kier molecular flexibility index (Phi) is 8.96. The first-order valence-electron chi connectivity index (χ1n) is 14.5. The Morgan fingerprint density at radius 2 is 0.976 bits per heavy atom. The first-order chi connectivity index (χ1) is 18.8. The molecule has 216 valence electrons. The number of fused-ring (bicyclic) bond motifs is 6. The van der Waals surface area contributed by atoms with E-state index in [9.17, 15) is 17.6 Å². The van der Waals surface area contributed by atoms with Gasteiger partial charge in [0.1, 0.15) is 0 Å². The minimum atomic E-state index is -1.61. The molecule has 0 aromatic rings. The zero-order valence-electron chi connectivity index (χ0n) is 24.6. The molecule has 4 heterocycles. The second-order valence-corrected chi connectivity index (χ2v) is 12.9. The van der Waals surface area contributed by atoms with E-state index < -0.39 is 34.1 Å². The minimum Gasteiger partial charge on any atom is -0.351 e. The van der Waals surface area contributed by atoms with Gasteiger partial charge >= 0.3 is 21.7 Å². The summed E-state index contributed by atoms with van der Waals surface area (Å²) in [7, 11) is 0. The molecule has 2 unspecified atom stereocenters. The summed E-state index contributed by atoms with van der Waals surface area (Å²) < 4.78 is 56.8. The summed E-state index contributed by atoms with van der Waals surface area (Å²) in [6.07, 6.45) is 32.6. The van der Waals surface area contributed by atoms with Gasteiger partial charge in [-0.2, -0.15) is 12.2 Å². The Bertz CT molecular complexity index is 1150. The summed E-state index contributed by atoms with van der Waals surface area (Å²) in [5.74, 6) is -4.13. The number of allylic oxidation sites excluding steroid dienone is 12. The summed E-state index contributed by atoms with van der Waals surface area (Å²) in [4.78, 5) is 0. The van der Waals surface area contributed by atoms with E-state index in [4.69, 9.17) is 0 Å². The molecule has 4 aliphatic heterocycles. The van der Waals surface area contributed by atoms with Crippen molar-refractivity contribution in [2.45, 2.75) is 77.8 Å². The molecule has 0 saturated carbocycles. The van der Waals surface area contributed by atoms with E-state index in [0.29, 0.717) is 8.97 Å². The predicted octanol–water partition coefficient (Wildman–Crippen LogP) is 8.32.